The van der Waals surface area contributed by atoms with E-state index in [0.29, 0.717) is 29.3 Å². The first-order valence-corrected chi connectivity index (χ1v) is 5.71. The van der Waals surface area contributed by atoms with Crippen molar-refractivity contribution in [3.8, 4) is 11.3 Å². The molecule has 0 aliphatic heterocycles. The molecule has 3 nitrogen and oxygen atoms in total. The van der Waals surface area contributed by atoms with Crippen molar-refractivity contribution in [3.63, 3.8) is 0 Å². The van der Waals surface area contributed by atoms with Crippen molar-refractivity contribution < 1.29 is 13.2 Å². The van der Waals surface area contributed by atoms with Crippen LogP contribution in [0.25, 0.3) is 11.3 Å². The van der Waals surface area contributed by atoms with Gasteiger partial charge in [0.25, 0.3) is 0 Å². The minimum Gasteiger partial charge on any atom is -0.384 e. The summed E-state index contributed by atoms with van der Waals surface area (Å²) in [6.45, 7) is 1.88. The zero-order valence-corrected chi connectivity index (χ0v) is 10.2. The predicted octanol–water partition coefficient (Wildman–Crippen LogP) is 3.31. The lowest BCUT2D eigenvalue weighted by atomic mass is 10.1. The Morgan fingerprint density at radius 1 is 1.11 bits per heavy atom. The van der Waals surface area contributed by atoms with Crippen LogP contribution in [0.5, 0.6) is 0 Å². The molecule has 0 aliphatic carbocycles. The number of nitrogens with zero attached hydrogens (tertiary/aromatic N) is 2. The lowest BCUT2D eigenvalue weighted by molar-refractivity contribution is -0.137. The Bertz CT molecular complexity index is 577. The van der Waals surface area contributed by atoms with E-state index in [-0.39, 0.29) is 0 Å². The monoisotopic (exact) mass is 267 g/mol. The lowest BCUT2D eigenvalue weighted by Crippen LogP contribution is -2.04. The van der Waals surface area contributed by atoms with Gasteiger partial charge in [0, 0.05) is 18.1 Å². The topological polar surface area (TPSA) is 51.8 Å². The van der Waals surface area contributed by atoms with Gasteiger partial charge in [-0.2, -0.15) is 13.2 Å². The number of halogens is 3. The average Bonchev–Trinajstić information content (AvgIpc) is 2.37. The molecule has 0 bridgehead atoms. The van der Waals surface area contributed by atoms with Crippen molar-refractivity contribution in [2.24, 2.45) is 0 Å². The van der Waals surface area contributed by atoms with Gasteiger partial charge in [-0.1, -0.05) is 19.1 Å². The largest absolute Gasteiger partial charge is 0.416 e. The van der Waals surface area contributed by atoms with Crippen molar-refractivity contribution in [2.45, 2.75) is 19.5 Å². The van der Waals surface area contributed by atoms with E-state index in [0.717, 1.165) is 12.1 Å². The van der Waals surface area contributed by atoms with Crippen molar-refractivity contribution in [1.29, 1.82) is 0 Å². The fourth-order valence-electron chi connectivity index (χ4n) is 1.65. The first-order chi connectivity index (χ1) is 8.90. The Kier molecular flexibility index (Phi) is 3.42. The van der Waals surface area contributed by atoms with Crippen LogP contribution in [0.1, 0.15) is 18.3 Å². The Labute approximate surface area is 108 Å². The Morgan fingerprint density at radius 2 is 1.74 bits per heavy atom. The number of hydrogen-bond acceptors (Lipinski definition) is 3. The van der Waals surface area contributed by atoms with Crippen LogP contribution in [0.3, 0.4) is 0 Å². The molecule has 0 aliphatic rings. The molecule has 2 rings (SSSR count). The molecule has 100 valence electrons. The second-order valence-corrected chi connectivity index (χ2v) is 4.02. The smallest absolute Gasteiger partial charge is 0.384 e. The van der Waals surface area contributed by atoms with Crippen molar-refractivity contribution >= 4 is 5.82 Å². The number of rotatable bonds is 2. The molecule has 1 aromatic carbocycles. The second-order valence-electron chi connectivity index (χ2n) is 4.02. The maximum atomic E-state index is 12.5. The number of alkyl halides is 3. The van der Waals surface area contributed by atoms with Gasteiger partial charge in [-0.15, -0.1) is 0 Å². The first kappa shape index (κ1) is 13.3. The van der Waals surface area contributed by atoms with Crippen LogP contribution >= 0.6 is 0 Å². The molecule has 0 saturated carbocycles. The zero-order valence-electron chi connectivity index (χ0n) is 10.2. The number of hydrogen-bond donors (Lipinski definition) is 1. The van der Waals surface area contributed by atoms with Crippen LogP contribution in [-0.2, 0) is 12.6 Å². The van der Waals surface area contributed by atoms with Crippen molar-refractivity contribution in [1.82, 2.24) is 9.97 Å². The number of nitrogen functional groups attached to an aromatic ring is 1. The predicted molar refractivity (Wildman–Crippen MR) is 66.3 cm³/mol. The van der Waals surface area contributed by atoms with E-state index in [1.807, 2.05) is 6.92 Å². The number of anilines is 1. The van der Waals surface area contributed by atoms with Crippen LogP contribution in [0.4, 0.5) is 19.0 Å². The van der Waals surface area contributed by atoms with Gasteiger partial charge in [0.1, 0.15) is 11.6 Å². The highest BCUT2D eigenvalue weighted by molar-refractivity contribution is 5.62. The summed E-state index contributed by atoms with van der Waals surface area (Å²) in [7, 11) is 0. The van der Waals surface area contributed by atoms with E-state index >= 15 is 0 Å². The van der Waals surface area contributed by atoms with Gasteiger partial charge in [-0.25, -0.2) is 9.97 Å². The highest BCUT2D eigenvalue weighted by atomic mass is 19.4. The number of aromatic nitrogens is 2. The summed E-state index contributed by atoms with van der Waals surface area (Å²) in [6.07, 6.45) is -3.73. The quantitative estimate of drug-likeness (QED) is 0.908. The third kappa shape index (κ3) is 3.01. The Hall–Kier alpha value is -2.11. The molecule has 0 fully saturated rings. The molecule has 0 saturated heterocycles. The second kappa shape index (κ2) is 4.87. The van der Waals surface area contributed by atoms with Gasteiger partial charge in [-0.3, -0.25) is 0 Å². The van der Waals surface area contributed by atoms with Crippen LogP contribution in [-0.4, -0.2) is 9.97 Å². The van der Waals surface area contributed by atoms with E-state index in [9.17, 15) is 13.2 Å². The summed E-state index contributed by atoms with van der Waals surface area (Å²) in [4.78, 5) is 8.26. The fourth-order valence-corrected chi connectivity index (χ4v) is 1.65. The number of benzene rings is 1. The van der Waals surface area contributed by atoms with Crippen molar-refractivity contribution in [3.05, 3.63) is 41.7 Å². The zero-order chi connectivity index (χ0) is 14.0. The highest BCUT2D eigenvalue weighted by Crippen LogP contribution is 2.30. The molecule has 19 heavy (non-hydrogen) atoms. The molecule has 0 spiro atoms. The average molecular weight is 267 g/mol. The molecule has 0 radical (unpaired) electrons. The highest BCUT2D eigenvalue weighted by Gasteiger charge is 2.30. The van der Waals surface area contributed by atoms with E-state index in [2.05, 4.69) is 9.97 Å². The van der Waals surface area contributed by atoms with Crippen molar-refractivity contribution in [2.75, 3.05) is 5.73 Å². The van der Waals surface area contributed by atoms with Gasteiger partial charge < -0.3 is 5.73 Å². The van der Waals surface area contributed by atoms with E-state index in [1.165, 1.54) is 12.1 Å². The normalized spacial score (nSPS) is 11.6. The third-order valence-electron chi connectivity index (χ3n) is 2.62. The minimum atomic E-state index is -4.34. The van der Waals surface area contributed by atoms with E-state index < -0.39 is 11.7 Å². The van der Waals surface area contributed by atoms with Gasteiger partial charge in [-0.05, 0) is 12.1 Å². The summed E-state index contributed by atoms with van der Waals surface area (Å²) in [5, 5.41) is 0. The fraction of sp³-hybridized carbons (Fsp3) is 0.231. The summed E-state index contributed by atoms with van der Waals surface area (Å²) < 4.78 is 37.4. The van der Waals surface area contributed by atoms with Gasteiger partial charge in [0.15, 0.2) is 0 Å². The molecule has 0 unspecified atom stereocenters. The number of aryl methyl sites for hydroxylation is 1. The molecule has 6 heteroatoms. The molecule has 0 atom stereocenters. The molecule has 0 amide bonds. The summed E-state index contributed by atoms with van der Waals surface area (Å²) in [5.74, 6) is 0.872. The molecule has 2 N–H and O–H groups in total. The first-order valence-electron chi connectivity index (χ1n) is 5.71. The molecular formula is C13H12F3N3. The third-order valence-corrected chi connectivity index (χ3v) is 2.62. The summed E-state index contributed by atoms with van der Waals surface area (Å²) >= 11 is 0. The SMILES string of the molecule is CCc1nc(N)cc(-c2ccc(C(F)(F)F)cc2)n1. The molecule has 2 aromatic rings. The lowest BCUT2D eigenvalue weighted by Gasteiger charge is -2.08. The summed E-state index contributed by atoms with van der Waals surface area (Å²) in [5.41, 5.74) is 6.06. The maximum absolute atomic E-state index is 12.5. The Morgan fingerprint density at radius 3 is 2.26 bits per heavy atom. The maximum Gasteiger partial charge on any atom is 0.416 e. The van der Waals surface area contributed by atoms with Gasteiger partial charge in [0.05, 0.1) is 11.3 Å². The summed E-state index contributed by atoms with van der Waals surface area (Å²) in [6, 6.07) is 6.36. The van der Waals surface area contributed by atoms with Crippen LogP contribution < -0.4 is 5.73 Å². The van der Waals surface area contributed by atoms with Gasteiger partial charge >= 0.3 is 6.18 Å². The van der Waals surface area contributed by atoms with E-state index in [1.54, 1.807) is 6.07 Å². The Balaban J connectivity index is 2.40. The number of nitrogens with two attached hydrogens (primary N) is 1. The standard InChI is InChI=1S/C13H12F3N3/c1-2-12-18-10(7-11(17)19-12)8-3-5-9(6-4-8)13(14,15)16/h3-7H,2H2,1H3,(H2,17,18,19). The molecular weight excluding hydrogens is 255 g/mol. The van der Waals surface area contributed by atoms with Crippen LogP contribution in [0.15, 0.2) is 30.3 Å². The van der Waals surface area contributed by atoms with E-state index in [4.69, 9.17) is 5.73 Å². The molecule has 1 aromatic heterocycles. The minimum absolute atomic E-state index is 0.307. The van der Waals surface area contributed by atoms with Gasteiger partial charge in [0.2, 0.25) is 0 Å². The van der Waals surface area contributed by atoms with Crippen LogP contribution in [0.2, 0.25) is 0 Å². The van der Waals surface area contributed by atoms with Crippen LogP contribution in [0, 0.1) is 0 Å². The molecule has 1 heterocycles.